The van der Waals surface area contributed by atoms with E-state index in [1.54, 1.807) is 0 Å². The van der Waals surface area contributed by atoms with Crippen LogP contribution >= 0.6 is 11.6 Å². The first-order valence-electron chi connectivity index (χ1n) is 4.39. The first kappa shape index (κ1) is 10.2. The molecular weight excluding hydrogens is 223 g/mol. The number of hydrogen-bond acceptors (Lipinski definition) is 2. The summed E-state index contributed by atoms with van der Waals surface area (Å²) in [5.74, 6) is -2.14. The van der Waals surface area contributed by atoms with Crippen molar-refractivity contribution in [1.82, 2.24) is 0 Å². The highest BCUT2D eigenvalue weighted by Crippen LogP contribution is 2.52. The van der Waals surface area contributed by atoms with Gasteiger partial charge in [0.2, 0.25) is 0 Å². The molecule has 0 amide bonds. The molecule has 2 N–H and O–H groups in total. The molecule has 1 aromatic carbocycles. The fourth-order valence-electron chi connectivity index (χ4n) is 1.71. The number of benzene rings is 1. The fraction of sp³-hybridized carbons (Fsp3) is 0.300. The van der Waals surface area contributed by atoms with Gasteiger partial charge in [-0.3, -0.25) is 4.79 Å². The van der Waals surface area contributed by atoms with E-state index in [0.717, 1.165) is 12.1 Å². The molecule has 5 heteroatoms. The van der Waals surface area contributed by atoms with Gasteiger partial charge in [0.25, 0.3) is 0 Å². The number of carboxylic acids is 1. The Kier molecular flexibility index (Phi) is 2.12. The lowest BCUT2D eigenvalue weighted by atomic mass is 9.95. The summed E-state index contributed by atoms with van der Waals surface area (Å²) in [7, 11) is 0. The summed E-state index contributed by atoms with van der Waals surface area (Å²) in [6.07, 6.45) is 0.757. The molecule has 1 saturated carbocycles. The van der Waals surface area contributed by atoms with E-state index in [0.29, 0.717) is 12.8 Å². The summed E-state index contributed by atoms with van der Waals surface area (Å²) >= 11 is 5.74. The molecule has 1 aromatic rings. The van der Waals surface area contributed by atoms with Gasteiger partial charge in [0, 0.05) is 11.6 Å². The summed E-state index contributed by atoms with van der Waals surface area (Å²) in [5.41, 5.74) is -1.20. The number of carboxylic acid groups (broad SMARTS) is 1. The molecule has 0 radical (unpaired) electrons. The highest BCUT2D eigenvalue weighted by atomic mass is 35.5. The molecule has 1 aliphatic rings. The maximum Gasteiger partial charge on any atom is 0.314 e. The SMILES string of the molecule is O=C(O)C1(c2c(F)cc(O)cc2Cl)CC1. The van der Waals surface area contributed by atoms with E-state index in [2.05, 4.69) is 0 Å². The largest absolute Gasteiger partial charge is 0.508 e. The van der Waals surface area contributed by atoms with E-state index in [-0.39, 0.29) is 16.3 Å². The summed E-state index contributed by atoms with van der Waals surface area (Å²) in [4.78, 5) is 11.0. The van der Waals surface area contributed by atoms with Crippen molar-refractivity contribution in [2.75, 3.05) is 0 Å². The molecule has 0 saturated heterocycles. The molecular formula is C10H8ClFO3. The van der Waals surface area contributed by atoms with Gasteiger partial charge in [-0.15, -0.1) is 0 Å². The summed E-state index contributed by atoms with van der Waals surface area (Å²) < 4.78 is 13.5. The van der Waals surface area contributed by atoms with Gasteiger partial charge in [-0.1, -0.05) is 11.6 Å². The Hall–Kier alpha value is -1.29. The Bertz CT molecular complexity index is 417. The van der Waals surface area contributed by atoms with Gasteiger partial charge in [0.1, 0.15) is 11.6 Å². The minimum absolute atomic E-state index is 0.0190. The third-order valence-corrected chi connectivity index (χ3v) is 2.96. The van der Waals surface area contributed by atoms with E-state index in [4.69, 9.17) is 21.8 Å². The third kappa shape index (κ3) is 1.45. The molecule has 0 bridgehead atoms. The molecule has 0 aromatic heterocycles. The van der Waals surface area contributed by atoms with Gasteiger partial charge in [0.15, 0.2) is 0 Å². The quantitative estimate of drug-likeness (QED) is 0.820. The molecule has 0 heterocycles. The van der Waals surface area contributed by atoms with Crippen LogP contribution in [0, 0.1) is 5.82 Å². The lowest BCUT2D eigenvalue weighted by molar-refractivity contribution is -0.140. The van der Waals surface area contributed by atoms with Crippen LogP contribution in [0.15, 0.2) is 12.1 Å². The van der Waals surface area contributed by atoms with Gasteiger partial charge >= 0.3 is 5.97 Å². The average Bonchev–Trinajstić information content (AvgIpc) is 2.83. The molecule has 1 aliphatic carbocycles. The van der Waals surface area contributed by atoms with E-state index in [9.17, 15) is 9.18 Å². The predicted octanol–water partition coefficient (Wildman–Crippen LogP) is 2.30. The molecule has 0 atom stereocenters. The maximum atomic E-state index is 13.5. The minimum Gasteiger partial charge on any atom is -0.508 e. The highest BCUT2D eigenvalue weighted by molar-refractivity contribution is 6.32. The summed E-state index contributed by atoms with van der Waals surface area (Å²) in [6, 6.07) is 2.03. The van der Waals surface area contributed by atoms with Crippen LogP contribution in [0.1, 0.15) is 18.4 Å². The highest BCUT2D eigenvalue weighted by Gasteiger charge is 2.54. The van der Waals surface area contributed by atoms with Crippen molar-refractivity contribution in [3.8, 4) is 5.75 Å². The Labute approximate surface area is 90.1 Å². The summed E-state index contributed by atoms with van der Waals surface area (Å²) in [5, 5.41) is 18.0. The first-order chi connectivity index (χ1) is 6.97. The Morgan fingerprint density at radius 3 is 2.47 bits per heavy atom. The van der Waals surface area contributed by atoms with E-state index in [1.165, 1.54) is 0 Å². The van der Waals surface area contributed by atoms with Crippen LogP contribution in [-0.2, 0) is 10.2 Å². The van der Waals surface area contributed by atoms with Crippen molar-refractivity contribution >= 4 is 17.6 Å². The lowest BCUT2D eigenvalue weighted by Gasteiger charge is -2.13. The van der Waals surface area contributed by atoms with Gasteiger partial charge in [-0.2, -0.15) is 0 Å². The molecule has 1 fully saturated rings. The monoisotopic (exact) mass is 230 g/mol. The van der Waals surface area contributed by atoms with Gasteiger partial charge in [-0.05, 0) is 18.9 Å². The van der Waals surface area contributed by atoms with Gasteiger partial charge in [0.05, 0.1) is 10.4 Å². The number of carbonyl (C=O) groups is 1. The van der Waals surface area contributed by atoms with Crippen LogP contribution in [0.5, 0.6) is 5.75 Å². The molecule has 80 valence electrons. The minimum atomic E-state index is -1.19. The molecule has 3 nitrogen and oxygen atoms in total. The van der Waals surface area contributed by atoms with Crippen molar-refractivity contribution in [2.45, 2.75) is 18.3 Å². The van der Waals surface area contributed by atoms with Crippen LogP contribution in [0.4, 0.5) is 4.39 Å². The number of aliphatic carboxylic acids is 1. The zero-order valence-corrected chi connectivity index (χ0v) is 8.38. The zero-order valence-electron chi connectivity index (χ0n) is 7.63. The smallest absolute Gasteiger partial charge is 0.314 e. The Morgan fingerprint density at radius 2 is 2.07 bits per heavy atom. The van der Waals surface area contributed by atoms with Gasteiger partial charge < -0.3 is 10.2 Å². The summed E-state index contributed by atoms with van der Waals surface area (Å²) in [6.45, 7) is 0. The van der Waals surface area contributed by atoms with Crippen molar-refractivity contribution in [1.29, 1.82) is 0 Å². The first-order valence-corrected chi connectivity index (χ1v) is 4.77. The van der Waals surface area contributed by atoms with Crippen molar-refractivity contribution < 1.29 is 19.4 Å². The van der Waals surface area contributed by atoms with E-state index in [1.807, 2.05) is 0 Å². The van der Waals surface area contributed by atoms with Crippen LogP contribution in [-0.4, -0.2) is 16.2 Å². The van der Waals surface area contributed by atoms with E-state index >= 15 is 0 Å². The molecule has 0 aliphatic heterocycles. The Morgan fingerprint density at radius 1 is 1.47 bits per heavy atom. The molecule has 0 spiro atoms. The fourth-order valence-corrected chi connectivity index (χ4v) is 2.10. The van der Waals surface area contributed by atoms with Crippen LogP contribution in [0.25, 0.3) is 0 Å². The van der Waals surface area contributed by atoms with E-state index < -0.39 is 17.2 Å². The van der Waals surface area contributed by atoms with Gasteiger partial charge in [-0.25, -0.2) is 4.39 Å². The molecule has 15 heavy (non-hydrogen) atoms. The second kappa shape index (κ2) is 3.10. The zero-order chi connectivity index (χ0) is 11.2. The lowest BCUT2D eigenvalue weighted by Crippen LogP contribution is -2.21. The topological polar surface area (TPSA) is 57.5 Å². The van der Waals surface area contributed by atoms with Crippen molar-refractivity contribution in [3.05, 3.63) is 28.5 Å². The maximum absolute atomic E-state index is 13.5. The predicted molar refractivity (Wildman–Crippen MR) is 51.6 cm³/mol. The standard InChI is InChI=1S/C10H8ClFO3/c11-6-3-5(13)4-7(12)8(6)10(1-2-10)9(14)15/h3-4,13H,1-2H2,(H,14,15). The number of halogens is 2. The van der Waals surface area contributed by atoms with Crippen LogP contribution < -0.4 is 0 Å². The number of phenols is 1. The number of hydrogen-bond donors (Lipinski definition) is 2. The third-order valence-electron chi connectivity index (χ3n) is 2.66. The normalized spacial score (nSPS) is 17.5. The van der Waals surface area contributed by atoms with Crippen LogP contribution in [0.3, 0.4) is 0 Å². The second-order valence-electron chi connectivity index (χ2n) is 3.67. The van der Waals surface area contributed by atoms with Crippen molar-refractivity contribution in [3.63, 3.8) is 0 Å². The van der Waals surface area contributed by atoms with Crippen molar-refractivity contribution in [2.24, 2.45) is 0 Å². The Balaban J connectivity index is 2.58. The molecule has 2 rings (SSSR count). The number of rotatable bonds is 2. The average molecular weight is 231 g/mol. The number of phenolic OH excluding ortho intramolecular Hbond substituents is 1. The number of aromatic hydroxyl groups is 1. The van der Waals surface area contributed by atoms with Crippen LogP contribution in [0.2, 0.25) is 5.02 Å². The molecule has 0 unspecified atom stereocenters. The second-order valence-corrected chi connectivity index (χ2v) is 4.08.